The number of sulfone groups is 1. The molecule has 2 rings (SSSR count). The van der Waals surface area contributed by atoms with Gasteiger partial charge in [-0.1, -0.05) is 29.8 Å². The summed E-state index contributed by atoms with van der Waals surface area (Å²) in [5.41, 5.74) is -0.972. The summed E-state index contributed by atoms with van der Waals surface area (Å²) in [5, 5.41) is 13.2. The number of halogens is 2. The van der Waals surface area contributed by atoms with Gasteiger partial charge >= 0.3 is 0 Å². The molecular formula is C18H19ClFNO4S. The normalized spacial score (nSPS) is 13.8. The zero-order valence-corrected chi connectivity index (χ0v) is 15.6. The number of carbonyl (C=O) groups is 1. The zero-order valence-electron chi connectivity index (χ0n) is 14.1. The molecule has 140 valence electrons. The fourth-order valence-electron chi connectivity index (χ4n) is 2.28. The fourth-order valence-corrected chi connectivity index (χ4v) is 3.81. The lowest BCUT2D eigenvalue weighted by atomic mass is 9.96. The van der Waals surface area contributed by atoms with Crippen LogP contribution in [0, 0.1) is 5.82 Å². The molecule has 0 radical (unpaired) electrons. The molecule has 1 atom stereocenters. The molecule has 0 aliphatic heterocycles. The maximum atomic E-state index is 12.9. The minimum absolute atomic E-state index is 0.0520. The Hall–Kier alpha value is -1.96. The van der Waals surface area contributed by atoms with Crippen LogP contribution in [0.1, 0.15) is 18.9 Å². The van der Waals surface area contributed by atoms with Crippen molar-refractivity contribution in [2.24, 2.45) is 0 Å². The van der Waals surface area contributed by atoms with Crippen LogP contribution in [0.3, 0.4) is 0 Å². The molecule has 26 heavy (non-hydrogen) atoms. The van der Waals surface area contributed by atoms with E-state index in [0.717, 1.165) is 0 Å². The van der Waals surface area contributed by atoms with E-state index in [2.05, 4.69) is 5.32 Å². The van der Waals surface area contributed by atoms with Crippen LogP contribution in [0.5, 0.6) is 0 Å². The number of aliphatic hydroxyl groups is 1. The quantitative estimate of drug-likeness (QED) is 0.749. The van der Waals surface area contributed by atoms with Gasteiger partial charge in [-0.15, -0.1) is 0 Å². The number of hydrogen-bond acceptors (Lipinski definition) is 4. The van der Waals surface area contributed by atoms with Crippen LogP contribution in [-0.4, -0.2) is 31.7 Å². The SMILES string of the molecule is CC(O)(CNC(=O)CCS(=O)(=O)c1cccc(Cl)c1)c1ccc(F)cc1. The topological polar surface area (TPSA) is 83.5 Å². The standard InChI is InChI=1S/C18H19ClFNO4S/c1-18(23,13-5-7-15(20)8-6-13)12-21-17(22)9-10-26(24,25)16-4-2-3-14(19)11-16/h2-8,11,23H,9-10,12H2,1H3,(H,21,22). The van der Waals surface area contributed by atoms with Crippen molar-refractivity contribution in [2.45, 2.75) is 23.8 Å². The number of benzene rings is 2. The number of amides is 1. The molecule has 0 fully saturated rings. The van der Waals surface area contributed by atoms with Crippen molar-refractivity contribution < 1.29 is 22.7 Å². The van der Waals surface area contributed by atoms with Crippen LogP contribution in [0.2, 0.25) is 5.02 Å². The van der Waals surface area contributed by atoms with Gasteiger partial charge in [0.25, 0.3) is 0 Å². The van der Waals surface area contributed by atoms with Crippen molar-refractivity contribution in [3.05, 3.63) is 64.9 Å². The smallest absolute Gasteiger partial charge is 0.221 e. The van der Waals surface area contributed by atoms with E-state index in [1.807, 2.05) is 0 Å². The Morgan fingerprint density at radius 2 is 1.88 bits per heavy atom. The second-order valence-corrected chi connectivity index (χ2v) is 8.63. The molecule has 0 bridgehead atoms. The van der Waals surface area contributed by atoms with E-state index in [9.17, 15) is 22.7 Å². The lowest BCUT2D eigenvalue weighted by molar-refractivity contribution is -0.121. The van der Waals surface area contributed by atoms with Gasteiger partial charge < -0.3 is 10.4 Å². The first-order valence-electron chi connectivity index (χ1n) is 7.84. The summed E-state index contributed by atoms with van der Waals surface area (Å²) < 4.78 is 37.4. The van der Waals surface area contributed by atoms with E-state index in [1.165, 1.54) is 49.4 Å². The van der Waals surface area contributed by atoms with Crippen LogP contribution < -0.4 is 5.32 Å². The fraction of sp³-hybridized carbons (Fsp3) is 0.278. The van der Waals surface area contributed by atoms with E-state index in [0.29, 0.717) is 10.6 Å². The van der Waals surface area contributed by atoms with E-state index in [1.54, 1.807) is 6.07 Å². The van der Waals surface area contributed by atoms with Gasteiger partial charge in [-0.3, -0.25) is 4.79 Å². The maximum Gasteiger partial charge on any atom is 0.221 e. The number of nitrogens with one attached hydrogen (secondary N) is 1. The second-order valence-electron chi connectivity index (χ2n) is 6.08. The predicted octanol–water partition coefficient (Wildman–Crippen LogP) is 2.67. The largest absolute Gasteiger partial charge is 0.384 e. The molecule has 2 aromatic rings. The summed E-state index contributed by atoms with van der Waals surface area (Å²) in [7, 11) is -3.64. The molecular weight excluding hydrogens is 381 g/mol. The van der Waals surface area contributed by atoms with Gasteiger partial charge in [0, 0.05) is 11.4 Å². The molecule has 0 saturated carbocycles. The summed E-state index contributed by atoms with van der Waals surface area (Å²) in [6.07, 6.45) is -0.256. The Morgan fingerprint density at radius 3 is 2.50 bits per heavy atom. The van der Waals surface area contributed by atoms with E-state index >= 15 is 0 Å². The molecule has 8 heteroatoms. The molecule has 2 aromatic carbocycles. The first-order valence-corrected chi connectivity index (χ1v) is 9.87. The lowest BCUT2D eigenvalue weighted by Gasteiger charge is -2.24. The lowest BCUT2D eigenvalue weighted by Crippen LogP contribution is -2.39. The van der Waals surface area contributed by atoms with Gasteiger partial charge in [0.15, 0.2) is 9.84 Å². The summed E-state index contributed by atoms with van der Waals surface area (Å²) in [6.45, 7) is 1.35. The van der Waals surface area contributed by atoms with Crippen LogP contribution in [-0.2, 0) is 20.2 Å². The highest BCUT2D eigenvalue weighted by molar-refractivity contribution is 7.91. The third-order valence-corrected chi connectivity index (χ3v) is 5.80. The van der Waals surface area contributed by atoms with Gasteiger partial charge in [-0.2, -0.15) is 0 Å². The predicted molar refractivity (Wildman–Crippen MR) is 97.1 cm³/mol. The average Bonchev–Trinajstić information content (AvgIpc) is 2.59. The van der Waals surface area contributed by atoms with Gasteiger partial charge in [0.05, 0.1) is 17.2 Å². The molecule has 0 saturated heterocycles. The Bertz CT molecular complexity index is 882. The molecule has 2 N–H and O–H groups in total. The first kappa shape index (κ1) is 20.4. The van der Waals surface area contributed by atoms with Crippen molar-refractivity contribution in [3.8, 4) is 0 Å². The average molecular weight is 400 g/mol. The minimum Gasteiger partial charge on any atom is -0.384 e. The summed E-state index contributed by atoms with van der Waals surface area (Å²) in [5.74, 6) is -1.32. The van der Waals surface area contributed by atoms with Crippen LogP contribution in [0.15, 0.2) is 53.4 Å². The molecule has 1 unspecified atom stereocenters. The molecule has 0 spiro atoms. The van der Waals surface area contributed by atoms with Crippen LogP contribution in [0.4, 0.5) is 4.39 Å². The molecule has 0 heterocycles. The molecule has 0 aliphatic carbocycles. The van der Waals surface area contributed by atoms with Crippen LogP contribution >= 0.6 is 11.6 Å². The first-order chi connectivity index (χ1) is 12.1. The van der Waals surface area contributed by atoms with Gasteiger partial charge in [-0.25, -0.2) is 12.8 Å². The van der Waals surface area contributed by atoms with Gasteiger partial charge in [0.1, 0.15) is 11.4 Å². The van der Waals surface area contributed by atoms with Crippen molar-refractivity contribution in [3.63, 3.8) is 0 Å². The third-order valence-electron chi connectivity index (χ3n) is 3.85. The van der Waals surface area contributed by atoms with Gasteiger partial charge in [0.2, 0.25) is 5.91 Å². The molecule has 5 nitrogen and oxygen atoms in total. The van der Waals surface area contributed by atoms with Gasteiger partial charge in [-0.05, 0) is 42.8 Å². The Balaban J connectivity index is 1.91. The highest BCUT2D eigenvalue weighted by Gasteiger charge is 2.24. The Labute approximate surface area is 156 Å². The van der Waals surface area contributed by atoms with E-state index in [4.69, 9.17) is 11.6 Å². The Kier molecular flexibility index (Phi) is 6.39. The summed E-state index contributed by atoms with van der Waals surface area (Å²) >= 11 is 5.79. The molecule has 0 aromatic heterocycles. The molecule has 1 amide bonds. The highest BCUT2D eigenvalue weighted by Crippen LogP contribution is 2.20. The molecule has 0 aliphatic rings. The number of rotatable bonds is 7. The number of hydrogen-bond donors (Lipinski definition) is 2. The second kappa shape index (κ2) is 8.16. The zero-order chi connectivity index (χ0) is 19.4. The third kappa shape index (κ3) is 5.52. The van der Waals surface area contributed by atoms with Crippen molar-refractivity contribution in [2.75, 3.05) is 12.3 Å². The summed E-state index contributed by atoms with van der Waals surface area (Å²) in [6, 6.07) is 11.1. The highest BCUT2D eigenvalue weighted by atomic mass is 35.5. The summed E-state index contributed by atoms with van der Waals surface area (Å²) in [4.78, 5) is 12.0. The monoisotopic (exact) mass is 399 g/mol. The maximum absolute atomic E-state index is 12.9. The van der Waals surface area contributed by atoms with Crippen molar-refractivity contribution >= 4 is 27.3 Å². The minimum atomic E-state index is -3.64. The van der Waals surface area contributed by atoms with Crippen molar-refractivity contribution in [1.29, 1.82) is 0 Å². The van der Waals surface area contributed by atoms with Crippen LogP contribution in [0.25, 0.3) is 0 Å². The van der Waals surface area contributed by atoms with Crippen molar-refractivity contribution in [1.82, 2.24) is 5.32 Å². The van der Waals surface area contributed by atoms with E-state index in [-0.39, 0.29) is 23.6 Å². The van der Waals surface area contributed by atoms with E-state index < -0.39 is 27.2 Å². The Morgan fingerprint density at radius 1 is 1.23 bits per heavy atom. The number of carbonyl (C=O) groups excluding carboxylic acids is 1.